The second kappa shape index (κ2) is 9.84. The van der Waals surface area contributed by atoms with Gasteiger partial charge < -0.3 is 5.32 Å². The molecule has 0 radical (unpaired) electrons. The molecule has 0 unspecified atom stereocenters. The number of halogens is 1. The molecule has 25 heavy (non-hydrogen) atoms. The van der Waals surface area contributed by atoms with Crippen LogP contribution in [0.25, 0.3) is 0 Å². The van der Waals surface area contributed by atoms with Gasteiger partial charge in [0.15, 0.2) is 0 Å². The summed E-state index contributed by atoms with van der Waals surface area (Å²) >= 11 is 8.29. The van der Waals surface area contributed by atoms with Crippen molar-refractivity contribution in [1.29, 1.82) is 0 Å². The molecular weight excluding hydrogens is 352 g/mol. The number of rotatable bonds is 7. The van der Waals surface area contributed by atoms with Crippen LogP contribution in [0.1, 0.15) is 44.1 Å². The lowest BCUT2D eigenvalue weighted by Gasteiger charge is -2.31. The first-order valence-corrected chi connectivity index (χ1v) is 11.0. The Morgan fingerprint density at radius 1 is 1.16 bits per heavy atom. The summed E-state index contributed by atoms with van der Waals surface area (Å²) in [4.78, 5) is 14.8. The highest BCUT2D eigenvalue weighted by Gasteiger charge is 2.25. The van der Waals surface area contributed by atoms with Crippen molar-refractivity contribution in [1.82, 2.24) is 10.2 Å². The Hall–Kier alpha value is -0.710. The van der Waals surface area contributed by atoms with Gasteiger partial charge in [-0.15, -0.1) is 0 Å². The van der Waals surface area contributed by atoms with Crippen molar-refractivity contribution in [2.75, 3.05) is 25.4 Å². The molecular formula is C20H29ClN2OS. The quantitative estimate of drug-likeness (QED) is 0.714. The predicted octanol–water partition coefficient (Wildman–Crippen LogP) is 4.34. The van der Waals surface area contributed by atoms with Crippen molar-refractivity contribution < 1.29 is 4.79 Å². The molecule has 3 rings (SSSR count). The zero-order valence-corrected chi connectivity index (χ0v) is 16.5. The highest BCUT2D eigenvalue weighted by atomic mass is 35.5. The van der Waals surface area contributed by atoms with Crippen LogP contribution in [0.3, 0.4) is 0 Å². The summed E-state index contributed by atoms with van der Waals surface area (Å²) in [5.74, 6) is 1.49. The number of hydrogen-bond acceptors (Lipinski definition) is 3. The number of nitrogens with zero attached hydrogens (tertiary/aromatic N) is 1. The molecule has 5 heteroatoms. The molecule has 2 aliphatic rings. The first-order valence-electron chi connectivity index (χ1n) is 9.57. The molecule has 1 heterocycles. The molecule has 2 fully saturated rings. The van der Waals surface area contributed by atoms with Crippen molar-refractivity contribution in [3.8, 4) is 0 Å². The van der Waals surface area contributed by atoms with Crippen LogP contribution in [0.5, 0.6) is 0 Å². The Morgan fingerprint density at radius 2 is 1.88 bits per heavy atom. The number of carbonyl (C=O) groups is 1. The number of hydrogen-bond donors (Lipinski definition) is 1. The molecule has 1 N–H and O–H groups in total. The smallest absolute Gasteiger partial charge is 0.223 e. The van der Waals surface area contributed by atoms with Gasteiger partial charge in [-0.2, -0.15) is 11.8 Å². The van der Waals surface area contributed by atoms with Crippen molar-refractivity contribution in [3.63, 3.8) is 0 Å². The van der Waals surface area contributed by atoms with Crippen LogP contribution in [0.4, 0.5) is 0 Å². The number of benzene rings is 1. The van der Waals surface area contributed by atoms with Gasteiger partial charge in [-0.1, -0.05) is 42.6 Å². The molecule has 3 nitrogen and oxygen atoms in total. The van der Waals surface area contributed by atoms with E-state index < -0.39 is 0 Å². The fourth-order valence-corrected chi connectivity index (χ4v) is 5.24. The lowest BCUT2D eigenvalue weighted by atomic mass is 9.95. The SMILES string of the molecule is O=C(NCCSC1CCCC1)C1CCN(Cc2ccccc2Cl)CC1. The van der Waals surface area contributed by atoms with E-state index in [0.29, 0.717) is 0 Å². The van der Waals surface area contributed by atoms with E-state index in [1.54, 1.807) is 0 Å². The van der Waals surface area contributed by atoms with Gasteiger partial charge in [0, 0.05) is 35.0 Å². The van der Waals surface area contributed by atoms with Crippen LogP contribution < -0.4 is 5.32 Å². The predicted molar refractivity (Wildman–Crippen MR) is 107 cm³/mol. The Balaban J connectivity index is 1.32. The third kappa shape index (κ3) is 5.90. The summed E-state index contributed by atoms with van der Waals surface area (Å²) in [7, 11) is 0. The zero-order valence-electron chi connectivity index (χ0n) is 14.9. The number of amides is 1. The lowest BCUT2D eigenvalue weighted by molar-refractivity contribution is -0.126. The van der Waals surface area contributed by atoms with E-state index in [2.05, 4.69) is 16.3 Å². The molecule has 1 aliphatic heterocycles. The second-order valence-electron chi connectivity index (χ2n) is 7.21. The number of thioether (sulfide) groups is 1. The van der Waals surface area contributed by atoms with E-state index in [0.717, 1.165) is 55.0 Å². The first-order chi connectivity index (χ1) is 12.2. The van der Waals surface area contributed by atoms with Crippen molar-refractivity contribution in [2.24, 2.45) is 5.92 Å². The Bertz CT molecular complexity index is 554. The number of piperidine rings is 1. The van der Waals surface area contributed by atoms with E-state index in [1.807, 2.05) is 30.0 Å². The van der Waals surface area contributed by atoms with E-state index in [4.69, 9.17) is 11.6 Å². The minimum absolute atomic E-state index is 0.180. The number of likely N-dealkylation sites (tertiary alicyclic amines) is 1. The third-order valence-electron chi connectivity index (χ3n) is 5.37. The summed E-state index contributed by atoms with van der Waals surface area (Å²) in [6.45, 7) is 3.64. The van der Waals surface area contributed by atoms with Gasteiger partial charge in [-0.05, 0) is 50.4 Å². The van der Waals surface area contributed by atoms with E-state index in [9.17, 15) is 4.79 Å². The maximum absolute atomic E-state index is 12.4. The van der Waals surface area contributed by atoms with Crippen LogP contribution in [0.15, 0.2) is 24.3 Å². The Kier molecular flexibility index (Phi) is 7.50. The highest BCUT2D eigenvalue weighted by molar-refractivity contribution is 7.99. The van der Waals surface area contributed by atoms with E-state index in [1.165, 1.54) is 31.2 Å². The molecule has 0 atom stereocenters. The molecule has 0 spiro atoms. The van der Waals surface area contributed by atoms with Gasteiger partial charge in [0.25, 0.3) is 0 Å². The second-order valence-corrected chi connectivity index (χ2v) is 9.03. The molecule has 1 aromatic rings. The highest BCUT2D eigenvalue weighted by Crippen LogP contribution is 2.29. The van der Waals surface area contributed by atoms with Crippen LogP contribution >= 0.6 is 23.4 Å². The van der Waals surface area contributed by atoms with E-state index in [-0.39, 0.29) is 11.8 Å². The van der Waals surface area contributed by atoms with Gasteiger partial charge in [0.1, 0.15) is 0 Å². The summed E-state index contributed by atoms with van der Waals surface area (Å²) in [6.07, 6.45) is 7.40. The molecule has 0 bridgehead atoms. The van der Waals surface area contributed by atoms with Gasteiger partial charge >= 0.3 is 0 Å². The Morgan fingerprint density at radius 3 is 2.60 bits per heavy atom. The van der Waals surface area contributed by atoms with Crippen molar-refractivity contribution in [3.05, 3.63) is 34.9 Å². The zero-order chi connectivity index (χ0) is 17.5. The maximum Gasteiger partial charge on any atom is 0.223 e. The minimum Gasteiger partial charge on any atom is -0.355 e. The van der Waals surface area contributed by atoms with Gasteiger partial charge in [0.2, 0.25) is 5.91 Å². The molecule has 1 aliphatic carbocycles. The first kappa shape index (κ1) is 19.1. The normalized spacial score (nSPS) is 20.0. The van der Waals surface area contributed by atoms with Crippen LogP contribution in [0.2, 0.25) is 5.02 Å². The molecule has 1 amide bonds. The summed E-state index contributed by atoms with van der Waals surface area (Å²) < 4.78 is 0. The van der Waals surface area contributed by atoms with Gasteiger partial charge in [0.05, 0.1) is 0 Å². The maximum atomic E-state index is 12.4. The number of nitrogens with one attached hydrogen (secondary N) is 1. The number of carbonyl (C=O) groups excluding carboxylic acids is 1. The van der Waals surface area contributed by atoms with Gasteiger partial charge in [-0.3, -0.25) is 9.69 Å². The molecule has 1 saturated carbocycles. The molecule has 138 valence electrons. The summed E-state index contributed by atoms with van der Waals surface area (Å²) in [6, 6.07) is 8.03. The lowest BCUT2D eigenvalue weighted by Crippen LogP contribution is -2.40. The van der Waals surface area contributed by atoms with Crippen molar-refractivity contribution in [2.45, 2.75) is 50.3 Å². The monoisotopic (exact) mass is 380 g/mol. The molecule has 1 aromatic carbocycles. The summed E-state index contributed by atoms with van der Waals surface area (Å²) in [5.41, 5.74) is 1.18. The average molecular weight is 381 g/mol. The van der Waals surface area contributed by atoms with Crippen LogP contribution in [0, 0.1) is 5.92 Å². The van der Waals surface area contributed by atoms with Crippen molar-refractivity contribution >= 4 is 29.3 Å². The fraction of sp³-hybridized carbons (Fsp3) is 0.650. The van der Waals surface area contributed by atoms with Crippen LogP contribution in [-0.4, -0.2) is 41.4 Å². The minimum atomic E-state index is 0.180. The fourth-order valence-electron chi connectivity index (χ4n) is 3.82. The molecule has 1 saturated heterocycles. The van der Waals surface area contributed by atoms with E-state index >= 15 is 0 Å². The van der Waals surface area contributed by atoms with Crippen LogP contribution in [-0.2, 0) is 11.3 Å². The average Bonchev–Trinajstić information content (AvgIpc) is 3.15. The molecule has 0 aromatic heterocycles. The largest absolute Gasteiger partial charge is 0.355 e. The third-order valence-corrected chi connectivity index (χ3v) is 7.12. The topological polar surface area (TPSA) is 32.3 Å². The summed E-state index contributed by atoms with van der Waals surface area (Å²) in [5, 5.41) is 4.82. The Labute approximate surface area is 160 Å². The standard InChI is InChI=1S/C20H29ClN2OS/c21-19-8-4-1-5-17(19)15-23-12-9-16(10-13-23)20(24)22-11-14-25-18-6-2-3-7-18/h1,4-5,8,16,18H,2-3,6-7,9-15H2,(H,22,24). The van der Waals surface area contributed by atoms with Gasteiger partial charge in [-0.25, -0.2) is 0 Å².